The zero-order chi connectivity index (χ0) is 14.4. The molecule has 3 heteroatoms. The van der Waals surface area contributed by atoms with Crippen LogP contribution in [0.2, 0.25) is 0 Å². The highest BCUT2D eigenvalue weighted by atomic mass is 16.3. The maximum absolute atomic E-state index is 13.2. The van der Waals surface area contributed by atoms with Gasteiger partial charge in [-0.05, 0) is 68.6 Å². The normalized spacial score (nSPS) is 45.7. The molecule has 1 unspecified atom stereocenters. The van der Waals surface area contributed by atoms with Crippen LogP contribution < -0.4 is 0 Å². The van der Waals surface area contributed by atoms with Crippen molar-refractivity contribution in [3.63, 3.8) is 0 Å². The molecule has 1 heterocycles. The van der Waals surface area contributed by atoms with Gasteiger partial charge in [-0.1, -0.05) is 12.8 Å². The largest absolute Gasteiger partial charge is 0.394 e. The summed E-state index contributed by atoms with van der Waals surface area (Å²) in [5.41, 5.74) is 0. The molecule has 0 spiro atoms. The third-order valence-electron chi connectivity index (χ3n) is 6.88. The molecule has 4 saturated carbocycles. The average molecular weight is 291 g/mol. The van der Waals surface area contributed by atoms with Crippen molar-refractivity contribution in [1.29, 1.82) is 0 Å². The van der Waals surface area contributed by atoms with Gasteiger partial charge in [0.2, 0.25) is 5.91 Å². The van der Waals surface area contributed by atoms with Crippen LogP contribution >= 0.6 is 0 Å². The van der Waals surface area contributed by atoms with Crippen molar-refractivity contribution >= 4 is 5.91 Å². The van der Waals surface area contributed by atoms with Gasteiger partial charge in [-0.3, -0.25) is 4.79 Å². The molecule has 0 aromatic heterocycles. The highest BCUT2D eigenvalue weighted by Crippen LogP contribution is 2.57. The molecule has 5 aliphatic rings. The van der Waals surface area contributed by atoms with Crippen molar-refractivity contribution < 1.29 is 9.90 Å². The number of aliphatic hydroxyl groups is 1. The number of amides is 1. The fraction of sp³-hybridized carbons (Fsp3) is 0.944. The van der Waals surface area contributed by atoms with E-state index < -0.39 is 0 Å². The lowest BCUT2D eigenvalue weighted by Gasteiger charge is -2.54. The first-order valence-corrected chi connectivity index (χ1v) is 9.17. The lowest BCUT2D eigenvalue weighted by molar-refractivity contribution is -0.152. The number of likely N-dealkylation sites (tertiary alicyclic amines) is 1. The van der Waals surface area contributed by atoms with Gasteiger partial charge in [0.15, 0.2) is 0 Å². The summed E-state index contributed by atoms with van der Waals surface area (Å²) in [7, 11) is 0. The summed E-state index contributed by atoms with van der Waals surface area (Å²) in [5.74, 6) is 3.88. The molecule has 5 rings (SSSR count). The van der Waals surface area contributed by atoms with Gasteiger partial charge < -0.3 is 10.0 Å². The Hall–Kier alpha value is -0.570. The van der Waals surface area contributed by atoms with Crippen molar-refractivity contribution in [2.45, 2.75) is 63.8 Å². The first-order chi connectivity index (χ1) is 10.3. The number of carbonyl (C=O) groups excluding carboxylic acids is 1. The molecule has 1 amide bonds. The maximum Gasteiger partial charge on any atom is 0.226 e. The second-order valence-corrected chi connectivity index (χ2v) is 8.17. The van der Waals surface area contributed by atoms with Crippen molar-refractivity contribution in [2.75, 3.05) is 13.2 Å². The number of rotatable bonds is 2. The van der Waals surface area contributed by atoms with Gasteiger partial charge in [-0.15, -0.1) is 0 Å². The van der Waals surface area contributed by atoms with Crippen LogP contribution in [0.4, 0.5) is 0 Å². The zero-order valence-electron chi connectivity index (χ0n) is 13.0. The minimum atomic E-state index is 0.0946. The Morgan fingerprint density at radius 1 is 0.952 bits per heavy atom. The van der Waals surface area contributed by atoms with Crippen LogP contribution in [0.5, 0.6) is 0 Å². The molecular weight excluding hydrogens is 262 g/mol. The Labute approximate surface area is 128 Å². The van der Waals surface area contributed by atoms with E-state index in [1.165, 1.54) is 38.5 Å². The molecule has 0 radical (unpaired) electrons. The van der Waals surface area contributed by atoms with Crippen LogP contribution in [0, 0.1) is 29.6 Å². The lowest BCUT2D eigenvalue weighted by atomic mass is 9.51. The molecule has 1 aliphatic heterocycles. The Morgan fingerprint density at radius 2 is 1.62 bits per heavy atom. The van der Waals surface area contributed by atoms with Gasteiger partial charge in [0, 0.05) is 12.5 Å². The van der Waals surface area contributed by atoms with E-state index in [0.29, 0.717) is 23.7 Å². The van der Waals surface area contributed by atoms with E-state index in [1.54, 1.807) is 0 Å². The summed E-state index contributed by atoms with van der Waals surface area (Å²) in [6.07, 6.45) is 11.2. The summed E-state index contributed by atoms with van der Waals surface area (Å²) >= 11 is 0. The van der Waals surface area contributed by atoms with E-state index in [9.17, 15) is 9.90 Å². The number of hydrogen-bond acceptors (Lipinski definition) is 2. The summed E-state index contributed by atoms with van der Waals surface area (Å²) in [6, 6.07) is 0.0946. The van der Waals surface area contributed by atoms with Gasteiger partial charge in [0.1, 0.15) is 0 Å². The highest BCUT2D eigenvalue weighted by molar-refractivity contribution is 5.80. The minimum Gasteiger partial charge on any atom is -0.394 e. The summed E-state index contributed by atoms with van der Waals surface area (Å²) in [5, 5.41) is 9.69. The fourth-order valence-electron chi connectivity index (χ4n) is 6.18. The number of carbonyl (C=O) groups is 1. The van der Waals surface area contributed by atoms with E-state index in [-0.39, 0.29) is 12.6 Å². The topological polar surface area (TPSA) is 40.5 Å². The van der Waals surface area contributed by atoms with E-state index >= 15 is 0 Å². The predicted molar refractivity (Wildman–Crippen MR) is 81.6 cm³/mol. The molecule has 4 bridgehead atoms. The van der Waals surface area contributed by atoms with Crippen molar-refractivity contribution in [2.24, 2.45) is 29.6 Å². The minimum absolute atomic E-state index is 0.0946. The first-order valence-electron chi connectivity index (χ1n) is 9.17. The molecular formula is C18H29NO2. The standard InChI is InChI=1S/C18H29NO2/c20-11-16-4-2-1-3-5-19(16)18(21)17-14-7-12-6-13(9-14)10-15(17)8-12/h12-17,20H,1-11H2. The quantitative estimate of drug-likeness (QED) is 0.850. The van der Waals surface area contributed by atoms with Crippen molar-refractivity contribution in [3.8, 4) is 0 Å². The van der Waals surface area contributed by atoms with Crippen LogP contribution in [0.25, 0.3) is 0 Å². The maximum atomic E-state index is 13.2. The molecule has 1 N–H and O–H groups in total. The monoisotopic (exact) mass is 291 g/mol. The third-order valence-corrected chi connectivity index (χ3v) is 6.88. The molecule has 21 heavy (non-hydrogen) atoms. The molecule has 3 nitrogen and oxygen atoms in total. The van der Waals surface area contributed by atoms with E-state index in [2.05, 4.69) is 4.90 Å². The molecule has 1 saturated heterocycles. The molecule has 118 valence electrons. The van der Waals surface area contributed by atoms with Crippen LogP contribution in [-0.2, 0) is 4.79 Å². The molecule has 1 atom stereocenters. The Bertz CT molecular complexity index is 380. The fourth-order valence-corrected chi connectivity index (χ4v) is 6.18. The zero-order valence-corrected chi connectivity index (χ0v) is 13.0. The van der Waals surface area contributed by atoms with Crippen LogP contribution in [-0.4, -0.2) is 35.1 Å². The average Bonchev–Trinajstić information content (AvgIpc) is 2.71. The van der Waals surface area contributed by atoms with Crippen LogP contribution in [0.3, 0.4) is 0 Å². The smallest absolute Gasteiger partial charge is 0.226 e. The van der Waals surface area contributed by atoms with Gasteiger partial charge in [-0.25, -0.2) is 0 Å². The molecule has 0 aromatic carbocycles. The van der Waals surface area contributed by atoms with Crippen LogP contribution in [0.15, 0.2) is 0 Å². The van der Waals surface area contributed by atoms with Crippen molar-refractivity contribution in [1.82, 2.24) is 4.90 Å². The second kappa shape index (κ2) is 5.57. The van der Waals surface area contributed by atoms with Gasteiger partial charge in [-0.2, -0.15) is 0 Å². The number of hydrogen-bond donors (Lipinski definition) is 1. The Morgan fingerprint density at radius 3 is 2.24 bits per heavy atom. The highest BCUT2D eigenvalue weighted by Gasteiger charge is 2.52. The van der Waals surface area contributed by atoms with E-state index in [1.807, 2.05) is 0 Å². The van der Waals surface area contributed by atoms with Gasteiger partial charge in [0.25, 0.3) is 0 Å². The van der Waals surface area contributed by atoms with Crippen molar-refractivity contribution in [3.05, 3.63) is 0 Å². The lowest BCUT2D eigenvalue weighted by Crippen LogP contribution is -2.54. The summed E-state index contributed by atoms with van der Waals surface area (Å²) < 4.78 is 0. The summed E-state index contributed by atoms with van der Waals surface area (Å²) in [6.45, 7) is 1.03. The molecule has 0 aromatic rings. The number of nitrogens with zero attached hydrogens (tertiary/aromatic N) is 1. The second-order valence-electron chi connectivity index (χ2n) is 8.17. The number of aliphatic hydroxyl groups excluding tert-OH is 1. The van der Waals surface area contributed by atoms with Crippen LogP contribution in [0.1, 0.15) is 57.8 Å². The summed E-state index contributed by atoms with van der Waals surface area (Å²) in [4.78, 5) is 15.3. The SMILES string of the molecule is O=C(C1C2CC3CC(C2)CC1C3)N1CCCCCC1CO. The van der Waals surface area contributed by atoms with E-state index in [4.69, 9.17) is 0 Å². The predicted octanol–water partition coefficient (Wildman–Crippen LogP) is 2.82. The third kappa shape index (κ3) is 2.42. The van der Waals surface area contributed by atoms with Gasteiger partial charge >= 0.3 is 0 Å². The Kier molecular flexibility index (Phi) is 3.72. The molecule has 5 fully saturated rings. The van der Waals surface area contributed by atoms with Gasteiger partial charge in [0.05, 0.1) is 12.6 Å². The Balaban J connectivity index is 1.53. The first kappa shape index (κ1) is 14.0. The van der Waals surface area contributed by atoms with E-state index in [0.717, 1.165) is 37.6 Å². The molecule has 4 aliphatic carbocycles.